The van der Waals surface area contributed by atoms with Crippen LogP contribution < -0.4 is 10.4 Å². The van der Waals surface area contributed by atoms with Gasteiger partial charge in [-0.15, -0.1) is 0 Å². The number of fused-ring (bicyclic) bond motifs is 5. The van der Waals surface area contributed by atoms with Gasteiger partial charge in [-0.2, -0.15) is 0 Å². The second-order valence-corrected chi connectivity index (χ2v) is 6.63. The molecule has 0 saturated carbocycles. The van der Waals surface area contributed by atoms with Crippen LogP contribution in [0.4, 0.5) is 0 Å². The summed E-state index contributed by atoms with van der Waals surface area (Å²) in [6.07, 6.45) is 3.07. The SMILES string of the molecule is COC(=O)C(C)Oc1cccc2c1ccc1c3c(c(=O)oc12)CCCC3. The minimum Gasteiger partial charge on any atom is -0.478 e. The van der Waals surface area contributed by atoms with Crippen molar-refractivity contribution in [2.45, 2.75) is 38.7 Å². The highest BCUT2D eigenvalue weighted by Crippen LogP contribution is 2.35. The van der Waals surface area contributed by atoms with Crippen LogP contribution >= 0.6 is 0 Å². The normalized spacial score (nSPS) is 14.8. The first-order valence-electron chi connectivity index (χ1n) is 8.85. The van der Waals surface area contributed by atoms with Gasteiger partial charge in [0, 0.05) is 21.7 Å². The van der Waals surface area contributed by atoms with Crippen molar-refractivity contribution in [1.82, 2.24) is 0 Å². The highest BCUT2D eigenvalue weighted by atomic mass is 16.6. The molecular weight excluding hydrogens is 332 g/mol. The molecule has 0 N–H and O–H groups in total. The fraction of sp³-hybridized carbons (Fsp3) is 0.333. The summed E-state index contributed by atoms with van der Waals surface area (Å²) >= 11 is 0. The standard InChI is InChI=1S/C21H20O5/c1-12(20(22)24-2)25-18-9-5-8-15-14(18)10-11-16-13-6-3-4-7-17(13)21(23)26-19(15)16/h5,8-12H,3-4,6-7H2,1-2H3. The maximum Gasteiger partial charge on any atom is 0.346 e. The van der Waals surface area contributed by atoms with E-state index in [0.29, 0.717) is 11.3 Å². The van der Waals surface area contributed by atoms with Gasteiger partial charge in [-0.05, 0) is 50.3 Å². The van der Waals surface area contributed by atoms with Crippen molar-refractivity contribution in [3.63, 3.8) is 0 Å². The lowest BCUT2D eigenvalue weighted by Crippen LogP contribution is -2.24. The van der Waals surface area contributed by atoms with Crippen LogP contribution in [0.25, 0.3) is 21.7 Å². The van der Waals surface area contributed by atoms with E-state index in [-0.39, 0.29) is 5.63 Å². The molecule has 26 heavy (non-hydrogen) atoms. The van der Waals surface area contributed by atoms with E-state index in [1.54, 1.807) is 13.0 Å². The quantitative estimate of drug-likeness (QED) is 0.408. The van der Waals surface area contributed by atoms with E-state index in [1.165, 1.54) is 7.11 Å². The molecule has 0 amide bonds. The Bertz CT molecular complexity index is 1060. The molecule has 0 bridgehead atoms. The fourth-order valence-corrected chi connectivity index (χ4v) is 3.74. The van der Waals surface area contributed by atoms with Gasteiger partial charge in [-0.3, -0.25) is 0 Å². The molecule has 5 nitrogen and oxygen atoms in total. The zero-order valence-corrected chi connectivity index (χ0v) is 14.8. The summed E-state index contributed by atoms with van der Waals surface area (Å²) in [7, 11) is 1.33. The fourth-order valence-electron chi connectivity index (χ4n) is 3.74. The molecule has 0 saturated heterocycles. The zero-order valence-electron chi connectivity index (χ0n) is 14.8. The number of carbonyl (C=O) groups excluding carboxylic acids is 1. The van der Waals surface area contributed by atoms with Crippen molar-refractivity contribution in [3.05, 3.63) is 51.9 Å². The third-order valence-electron chi connectivity index (χ3n) is 5.04. The zero-order chi connectivity index (χ0) is 18.3. The number of benzene rings is 2. The predicted molar refractivity (Wildman–Crippen MR) is 98.7 cm³/mol. The van der Waals surface area contributed by atoms with Crippen LogP contribution in [0.3, 0.4) is 0 Å². The first-order chi connectivity index (χ1) is 12.6. The van der Waals surface area contributed by atoms with Crippen molar-refractivity contribution in [1.29, 1.82) is 0 Å². The van der Waals surface area contributed by atoms with Crippen LogP contribution in [0, 0.1) is 0 Å². The van der Waals surface area contributed by atoms with Gasteiger partial charge in [0.1, 0.15) is 11.3 Å². The molecule has 0 radical (unpaired) electrons. The molecule has 3 aromatic rings. The Morgan fingerprint density at radius 1 is 1.04 bits per heavy atom. The summed E-state index contributed by atoms with van der Waals surface area (Å²) in [5.74, 6) is 0.117. The second-order valence-electron chi connectivity index (χ2n) is 6.63. The topological polar surface area (TPSA) is 65.7 Å². The van der Waals surface area contributed by atoms with Gasteiger partial charge in [0.05, 0.1) is 7.11 Å². The molecule has 0 spiro atoms. The van der Waals surface area contributed by atoms with Crippen LogP contribution in [0.5, 0.6) is 5.75 Å². The number of carbonyl (C=O) groups is 1. The van der Waals surface area contributed by atoms with E-state index in [9.17, 15) is 9.59 Å². The highest BCUT2D eigenvalue weighted by Gasteiger charge is 2.21. The largest absolute Gasteiger partial charge is 0.478 e. The molecule has 1 heterocycles. The third kappa shape index (κ3) is 2.64. The van der Waals surface area contributed by atoms with Gasteiger partial charge in [0.2, 0.25) is 0 Å². The number of hydrogen-bond donors (Lipinski definition) is 0. The number of ether oxygens (including phenoxy) is 2. The maximum atomic E-state index is 12.5. The number of aryl methyl sites for hydroxylation is 1. The summed E-state index contributed by atoms with van der Waals surface area (Å²) in [5.41, 5.74) is 2.27. The van der Waals surface area contributed by atoms with Crippen molar-refractivity contribution in [2.24, 2.45) is 0 Å². The lowest BCUT2D eigenvalue weighted by molar-refractivity contribution is -0.147. The van der Waals surface area contributed by atoms with Crippen molar-refractivity contribution in [2.75, 3.05) is 7.11 Å². The van der Waals surface area contributed by atoms with Gasteiger partial charge in [0.25, 0.3) is 0 Å². The van der Waals surface area contributed by atoms with E-state index in [4.69, 9.17) is 13.9 Å². The summed E-state index contributed by atoms with van der Waals surface area (Å²) in [4.78, 5) is 24.1. The maximum absolute atomic E-state index is 12.5. The third-order valence-corrected chi connectivity index (χ3v) is 5.04. The minimum atomic E-state index is -0.725. The van der Waals surface area contributed by atoms with Crippen LogP contribution in [0.1, 0.15) is 30.9 Å². The first-order valence-corrected chi connectivity index (χ1v) is 8.85. The Hall–Kier alpha value is -2.82. The van der Waals surface area contributed by atoms with Gasteiger partial charge >= 0.3 is 11.6 Å². The molecule has 134 valence electrons. The van der Waals surface area contributed by atoms with E-state index in [0.717, 1.165) is 53.0 Å². The Morgan fingerprint density at radius 2 is 1.77 bits per heavy atom. The average Bonchev–Trinajstić information content (AvgIpc) is 2.67. The van der Waals surface area contributed by atoms with E-state index < -0.39 is 12.1 Å². The van der Waals surface area contributed by atoms with Crippen molar-refractivity contribution in [3.8, 4) is 5.75 Å². The molecule has 2 aromatic carbocycles. The summed E-state index contributed by atoms with van der Waals surface area (Å²) < 4.78 is 16.2. The van der Waals surface area contributed by atoms with E-state index in [1.807, 2.05) is 24.3 Å². The van der Waals surface area contributed by atoms with Crippen molar-refractivity contribution < 1.29 is 18.7 Å². The highest BCUT2D eigenvalue weighted by molar-refractivity contribution is 6.07. The van der Waals surface area contributed by atoms with Crippen LogP contribution in [-0.4, -0.2) is 19.2 Å². The second kappa shape index (κ2) is 6.48. The summed E-state index contributed by atoms with van der Waals surface area (Å²) in [5, 5.41) is 2.60. The molecule has 5 heteroatoms. The molecule has 1 aliphatic carbocycles. The van der Waals surface area contributed by atoms with Crippen LogP contribution in [0.15, 0.2) is 39.5 Å². The molecule has 1 aliphatic rings. The van der Waals surface area contributed by atoms with Gasteiger partial charge in [0.15, 0.2) is 6.10 Å². The Balaban J connectivity index is 1.92. The molecule has 1 aromatic heterocycles. The first kappa shape index (κ1) is 16.6. The molecule has 4 rings (SSSR count). The van der Waals surface area contributed by atoms with Crippen LogP contribution in [-0.2, 0) is 22.4 Å². The molecule has 0 aliphatic heterocycles. The smallest absolute Gasteiger partial charge is 0.346 e. The monoisotopic (exact) mass is 352 g/mol. The molecule has 1 unspecified atom stereocenters. The predicted octanol–water partition coefficient (Wildman–Crippen LogP) is 3.77. The van der Waals surface area contributed by atoms with Gasteiger partial charge < -0.3 is 13.9 Å². The summed E-state index contributed by atoms with van der Waals surface area (Å²) in [6, 6.07) is 9.49. The minimum absolute atomic E-state index is 0.242. The number of esters is 1. The van der Waals surface area contributed by atoms with E-state index >= 15 is 0 Å². The lowest BCUT2D eigenvalue weighted by Gasteiger charge is -2.18. The average molecular weight is 352 g/mol. The Kier molecular flexibility index (Phi) is 4.15. The number of rotatable bonds is 3. The lowest BCUT2D eigenvalue weighted by atomic mass is 9.90. The van der Waals surface area contributed by atoms with Gasteiger partial charge in [-0.1, -0.05) is 18.2 Å². The van der Waals surface area contributed by atoms with Crippen molar-refractivity contribution >= 4 is 27.7 Å². The molecule has 1 atom stereocenters. The summed E-state index contributed by atoms with van der Waals surface area (Å²) in [6.45, 7) is 1.64. The van der Waals surface area contributed by atoms with Gasteiger partial charge in [-0.25, -0.2) is 9.59 Å². The molecular formula is C21H20O5. The Labute approximate surface area is 150 Å². The Morgan fingerprint density at radius 3 is 2.54 bits per heavy atom. The van der Waals surface area contributed by atoms with Crippen LogP contribution in [0.2, 0.25) is 0 Å². The molecule has 0 fully saturated rings. The number of hydrogen-bond acceptors (Lipinski definition) is 5. The van der Waals surface area contributed by atoms with E-state index in [2.05, 4.69) is 0 Å². The number of methoxy groups -OCH3 is 1.